The summed E-state index contributed by atoms with van der Waals surface area (Å²) >= 11 is 1.35. The molecule has 0 N–H and O–H groups in total. The van der Waals surface area contributed by atoms with Crippen molar-refractivity contribution in [2.75, 3.05) is 0 Å². The first-order valence-electron chi connectivity index (χ1n) is 7.63. The number of aromatic nitrogens is 4. The summed E-state index contributed by atoms with van der Waals surface area (Å²) in [6.07, 6.45) is 1.56. The molecule has 7 nitrogen and oxygen atoms in total. The smallest absolute Gasteiger partial charge is 0.284 e. The second-order valence-corrected chi connectivity index (χ2v) is 6.71. The van der Waals surface area contributed by atoms with E-state index in [1.54, 1.807) is 18.4 Å². The van der Waals surface area contributed by atoms with Crippen molar-refractivity contribution in [3.05, 3.63) is 54.1 Å². The summed E-state index contributed by atoms with van der Waals surface area (Å²) in [5, 5.41) is 16.5. The highest BCUT2D eigenvalue weighted by molar-refractivity contribution is 7.99. The quantitative estimate of drug-likeness (QED) is 0.482. The number of thioether (sulfide) groups is 1. The molecule has 0 aliphatic rings. The number of benzene rings is 1. The third-order valence-electron chi connectivity index (χ3n) is 3.50. The van der Waals surface area contributed by atoms with E-state index in [-0.39, 0.29) is 5.25 Å². The van der Waals surface area contributed by atoms with E-state index in [2.05, 4.69) is 20.4 Å². The second kappa shape index (κ2) is 6.56. The predicted molar refractivity (Wildman–Crippen MR) is 90.7 cm³/mol. The molecule has 3 heterocycles. The minimum absolute atomic E-state index is 0.128. The van der Waals surface area contributed by atoms with E-state index in [9.17, 15) is 0 Å². The average Bonchev–Trinajstić information content (AvgIpc) is 3.36. The molecule has 1 atom stereocenters. The Morgan fingerprint density at radius 2 is 1.72 bits per heavy atom. The van der Waals surface area contributed by atoms with Crippen LogP contribution in [0.1, 0.15) is 23.6 Å². The third-order valence-corrected chi connectivity index (χ3v) is 4.42. The predicted octanol–water partition coefficient (Wildman–Crippen LogP) is 4.54. The summed E-state index contributed by atoms with van der Waals surface area (Å²) in [4.78, 5) is 0. The summed E-state index contributed by atoms with van der Waals surface area (Å²) in [6.45, 7) is 3.97. The average molecular weight is 354 g/mol. The van der Waals surface area contributed by atoms with Crippen LogP contribution in [0.5, 0.6) is 0 Å². The maximum absolute atomic E-state index is 5.77. The Balaban J connectivity index is 1.48. The number of rotatable bonds is 5. The topological polar surface area (TPSA) is 91.0 Å². The molecule has 0 aliphatic heterocycles. The van der Waals surface area contributed by atoms with Crippen LogP contribution >= 0.6 is 11.8 Å². The van der Waals surface area contributed by atoms with E-state index in [1.165, 1.54) is 17.3 Å². The van der Waals surface area contributed by atoms with Gasteiger partial charge in [0.1, 0.15) is 0 Å². The lowest BCUT2D eigenvalue weighted by molar-refractivity contribution is 0.444. The zero-order chi connectivity index (χ0) is 17.2. The first-order valence-corrected chi connectivity index (χ1v) is 8.51. The lowest BCUT2D eigenvalue weighted by atomic mass is 10.1. The van der Waals surface area contributed by atoms with Crippen LogP contribution in [0, 0.1) is 6.92 Å². The molecular formula is C17H14N4O3S. The molecule has 8 heteroatoms. The Bertz CT molecular complexity index is 960. The van der Waals surface area contributed by atoms with Crippen molar-refractivity contribution in [2.24, 2.45) is 0 Å². The molecule has 1 unspecified atom stereocenters. The fourth-order valence-corrected chi connectivity index (χ4v) is 2.88. The lowest BCUT2D eigenvalue weighted by Gasteiger charge is -2.01. The van der Waals surface area contributed by atoms with E-state index in [4.69, 9.17) is 13.3 Å². The van der Waals surface area contributed by atoms with Crippen molar-refractivity contribution in [3.63, 3.8) is 0 Å². The van der Waals surface area contributed by atoms with Gasteiger partial charge in [0.2, 0.25) is 11.8 Å². The van der Waals surface area contributed by atoms with Gasteiger partial charge in [-0.15, -0.1) is 20.4 Å². The molecule has 0 amide bonds. The van der Waals surface area contributed by atoms with Gasteiger partial charge in [-0.05, 0) is 38.1 Å². The molecular weight excluding hydrogens is 340 g/mol. The van der Waals surface area contributed by atoms with Crippen LogP contribution in [0.3, 0.4) is 0 Å². The van der Waals surface area contributed by atoms with Gasteiger partial charge < -0.3 is 13.3 Å². The van der Waals surface area contributed by atoms with Crippen LogP contribution in [-0.2, 0) is 0 Å². The first-order chi connectivity index (χ1) is 12.2. The molecule has 0 spiro atoms. The highest BCUT2D eigenvalue weighted by atomic mass is 32.2. The summed E-state index contributed by atoms with van der Waals surface area (Å²) in [7, 11) is 0. The van der Waals surface area contributed by atoms with Gasteiger partial charge in [-0.3, -0.25) is 0 Å². The van der Waals surface area contributed by atoms with E-state index in [1.807, 2.05) is 38.1 Å². The molecule has 0 saturated heterocycles. The Morgan fingerprint density at radius 1 is 0.920 bits per heavy atom. The number of nitrogens with zero attached hydrogens (tertiary/aromatic N) is 4. The van der Waals surface area contributed by atoms with Crippen molar-refractivity contribution in [2.45, 2.75) is 24.3 Å². The second-order valence-electron chi connectivity index (χ2n) is 5.42. The maximum Gasteiger partial charge on any atom is 0.284 e. The van der Waals surface area contributed by atoms with Crippen LogP contribution in [0.25, 0.3) is 23.1 Å². The Kier molecular flexibility index (Phi) is 4.10. The van der Waals surface area contributed by atoms with E-state index in [0.29, 0.717) is 28.7 Å². The molecule has 126 valence electrons. The van der Waals surface area contributed by atoms with Gasteiger partial charge in [0.25, 0.3) is 11.1 Å². The Labute approximate surface area is 147 Å². The van der Waals surface area contributed by atoms with Crippen molar-refractivity contribution >= 4 is 11.8 Å². The Morgan fingerprint density at radius 3 is 2.48 bits per heavy atom. The monoisotopic (exact) mass is 354 g/mol. The zero-order valence-corrected chi connectivity index (χ0v) is 14.4. The normalized spacial score (nSPS) is 12.4. The maximum atomic E-state index is 5.77. The third kappa shape index (κ3) is 3.34. The van der Waals surface area contributed by atoms with Crippen molar-refractivity contribution in [3.8, 4) is 23.1 Å². The van der Waals surface area contributed by atoms with Crippen LogP contribution < -0.4 is 0 Å². The number of aryl methyl sites for hydroxylation is 1. The fraction of sp³-hybridized carbons (Fsp3) is 0.176. The van der Waals surface area contributed by atoms with Crippen LogP contribution in [-0.4, -0.2) is 20.4 Å². The minimum atomic E-state index is -0.128. The van der Waals surface area contributed by atoms with Gasteiger partial charge >= 0.3 is 0 Å². The van der Waals surface area contributed by atoms with E-state index >= 15 is 0 Å². The van der Waals surface area contributed by atoms with Gasteiger partial charge in [0.15, 0.2) is 5.76 Å². The standard InChI is InChI=1S/C17H14N4O3S/c1-10-5-7-12(8-6-10)15-19-18-14(23-15)11(2)25-17-21-20-16(24-17)13-4-3-9-22-13/h3-9,11H,1-2H3. The number of furan rings is 1. The fourth-order valence-electron chi connectivity index (χ4n) is 2.17. The molecule has 4 rings (SSSR count). The molecule has 25 heavy (non-hydrogen) atoms. The molecule has 0 fully saturated rings. The highest BCUT2D eigenvalue weighted by Crippen LogP contribution is 2.35. The van der Waals surface area contributed by atoms with Gasteiger partial charge in [-0.25, -0.2) is 0 Å². The number of hydrogen-bond donors (Lipinski definition) is 0. The van der Waals surface area contributed by atoms with Gasteiger partial charge in [0, 0.05) is 5.56 Å². The van der Waals surface area contributed by atoms with Gasteiger partial charge in [-0.1, -0.05) is 29.5 Å². The Hall–Kier alpha value is -2.87. The van der Waals surface area contributed by atoms with E-state index in [0.717, 1.165) is 5.56 Å². The van der Waals surface area contributed by atoms with Crippen LogP contribution in [0.2, 0.25) is 0 Å². The van der Waals surface area contributed by atoms with Crippen molar-refractivity contribution in [1.29, 1.82) is 0 Å². The van der Waals surface area contributed by atoms with Crippen molar-refractivity contribution in [1.82, 2.24) is 20.4 Å². The summed E-state index contributed by atoms with van der Waals surface area (Å²) < 4.78 is 16.6. The molecule has 0 radical (unpaired) electrons. The van der Waals surface area contributed by atoms with Gasteiger partial charge in [0.05, 0.1) is 11.5 Å². The lowest BCUT2D eigenvalue weighted by Crippen LogP contribution is -1.88. The summed E-state index contributed by atoms with van der Waals surface area (Å²) in [5.41, 5.74) is 2.07. The molecule has 1 aromatic carbocycles. The SMILES string of the molecule is Cc1ccc(-c2nnc(C(C)Sc3nnc(-c4ccco4)o3)o2)cc1. The van der Waals surface area contributed by atoms with Crippen molar-refractivity contribution < 1.29 is 13.3 Å². The van der Waals surface area contributed by atoms with Gasteiger partial charge in [-0.2, -0.15) is 0 Å². The molecule has 0 saturated carbocycles. The van der Waals surface area contributed by atoms with E-state index < -0.39 is 0 Å². The summed E-state index contributed by atoms with van der Waals surface area (Å²) in [5.74, 6) is 1.86. The van der Waals surface area contributed by atoms with Crippen LogP contribution in [0.4, 0.5) is 0 Å². The minimum Gasteiger partial charge on any atom is -0.459 e. The first kappa shape index (κ1) is 15.6. The number of hydrogen-bond acceptors (Lipinski definition) is 8. The molecule has 0 aliphatic carbocycles. The highest BCUT2D eigenvalue weighted by Gasteiger charge is 2.20. The largest absolute Gasteiger partial charge is 0.459 e. The van der Waals surface area contributed by atoms with Crippen LogP contribution in [0.15, 0.2) is 61.1 Å². The summed E-state index contributed by atoms with van der Waals surface area (Å²) in [6, 6.07) is 11.4. The molecule has 3 aromatic heterocycles. The molecule has 4 aromatic rings. The zero-order valence-electron chi connectivity index (χ0n) is 13.5. The molecule has 0 bridgehead atoms.